The number of rotatable bonds is 1. The Labute approximate surface area is 78.9 Å². The molecule has 0 aromatic rings. The molecular formula is C7H21F2N3O. The fourth-order valence-electron chi connectivity index (χ4n) is 0. The summed E-state index contributed by atoms with van der Waals surface area (Å²) in [5.74, 6) is 0. The maximum Gasteiger partial charge on any atom is 0.314 e. The number of alkyl halides is 1. The summed E-state index contributed by atoms with van der Waals surface area (Å²) < 4.78 is 21.6. The largest absolute Gasteiger partial charge is 0.407 e. The minimum absolute atomic E-state index is 0. The highest BCUT2D eigenvalue weighted by atomic mass is 19.1. The van der Waals surface area contributed by atoms with E-state index in [1.54, 1.807) is 0 Å². The van der Waals surface area contributed by atoms with Crippen LogP contribution in [0, 0.1) is 0 Å². The number of allylic oxidation sites excluding steroid dienone is 1. The molecule has 0 aliphatic rings. The van der Waals surface area contributed by atoms with Crippen LogP contribution in [-0.4, -0.2) is 18.0 Å². The van der Waals surface area contributed by atoms with E-state index in [1.807, 2.05) is 5.16 Å². The SMILES string of the molecule is C.C.C.C=C(N)CF.N/C(F)=N\O. The molecule has 0 saturated heterocycles. The first kappa shape index (κ1) is 29.9. The van der Waals surface area contributed by atoms with Gasteiger partial charge in [0.15, 0.2) is 0 Å². The third-order valence-electron chi connectivity index (χ3n) is 0.267. The van der Waals surface area contributed by atoms with E-state index in [0.717, 1.165) is 0 Å². The Morgan fingerprint density at radius 3 is 1.46 bits per heavy atom. The molecule has 0 spiro atoms. The second-order valence-corrected chi connectivity index (χ2v) is 1.21. The van der Waals surface area contributed by atoms with Gasteiger partial charge >= 0.3 is 6.09 Å². The van der Waals surface area contributed by atoms with Crippen LogP contribution in [0.25, 0.3) is 0 Å². The van der Waals surface area contributed by atoms with E-state index in [4.69, 9.17) is 10.9 Å². The Balaban J connectivity index is -0.0000000267. The zero-order valence-electron chi connectivity index (χ0n) is 5.22. The smallest absolute Gasteiger partial charge is 0.314 e. The molecule has 0 rings (SSSR count). The van der Waals surface area contributed by atoms with E-state index in [-0.39, 0.29) is 28.0 Å². The van der Waals surface area contributed by atoms with Crippen molar-refractivity contribution in [2.75, 3.05) is 6.67 Å². The van der Waals surface area contributed by atoms with Crippen LogP contribution < -0.4 is 11.5 Å². The molecule has 0 atom stereocenters. The summed E-state index contributed by atoms with van der Waals surface area (Å²) in [6.45, 7) is 2.47. The third kappa shape index (κ3) is 113. The Morgan fingerprint density at radius 2 is 1.46 bits per heavy atom. The Hall–Kier alpha value is -1.33. The van der Waals surface area contributed by atoms with E-state index in [0.29, 0.717) is 0 Å². The van der Waals surface area contributed by atoms with Gasteiger partial charge in [0.1, 0.15) is 6.67 Å². The number of hydrogen-bond acceptors (Lipinski definition) is 3. The summed E-state index contributed by atoms with van der Waals surface area (Å²) in [6, 6.07) is 0. The molecule has 0 saturated carbocycles. The highest BCUT2D eigenvalue weighted by Crippen LogP contribution is 1.72. The van der Waals surface area contributed by atoms with Crippen LogP contribution in [0.3, 0.4) is 0 Å². The molecule has 0 fully saturated rings. The number of hydrogen-bond donors (Lipinski definition) is 3. The van der Waals surface area contributed by atoms with Gasteiger partial charge in [-0.05, 0) is 5.16 Å². The zero-order chi connectivity index (χ0) is 8.57. The highest BCUT2D eigenvalue weighted by Gasteiger charge is 1.72. The minimum Gasteiger partial charge on any atom is -0.407 e. The van der Waals surface area contributed by atoms with E-state index >= 15 is 0 Å². The molecule has 0 unspecified atom stereocenters. The Morgan fingerprint density at radius 1 is 1.31 bits per heavy atom. The molecule has 0 aromatic heterocycles. The highest BCUT2D eigenvalue weighted by molar-refractivity contribution is 5.68. The van der Waals surface area contributed by atoms with Crippen LogP contribution in [0.4, 0.5) is 8.78 Å². The molecule has 13 heavy (non-hydrogen) atoms. The number of oxime groups is 1. The predicted molar refractivity (Wildman–Crippen MR) is 54.0 cm³/mol. The molecule has 0 radical (unpaired) electrons. The van der Waals surface area contributed by atoms with Crippen LogP contribution in [0.1, 0.15) is 22.3 Å². The fraction of sp³-hybridized carbons (Fsp3) is 0.571. The number of amidine groups is 1. The van der Waals surface area contributed by atoms with Crippen molar-refractivity contribution in [3.8, 4) is 0 Å². The van der Waals surface area contributed by atoms with Gasteiger partial charge in [-0.15, -0.1) is 0 Å². The summed E-state index contributed by atoms with van der Waals surface area (Å²) in [7, 11) is 0. The first-order chi connectivity index (χ1) is 4.54. The van der Waals surface area contributed by atoms with Crippen molar-refractivity contribution >= 4 is 6.09 Å². The number of halogens is 2. The van der Waals surface area contributed by atoms with E-state index < -0.39 is 12.8 Å². The van der Waals surface area contributed by atoms with Gasteiger partial charge in [-0.3, -0.25) is 0 Å². The topological polar surface area (TPSA) is 84.6 Å². The predicted octanol–water partition coefficient (Wildman–Crippen LogP) is 2.00. The van der Waals surface area contributed by atoms with Gasteiger partial charge in [0.2, 0.25) is 0 Å². The van der Waals surface area contributed by atoms with E-state index in [1.165, 1.54) is 0 Å². The maximum absolute atomic E-state index is 10.9. The summed E-state index contributed by atoms with van der Waals surface area (Å²) in [5.41, 5.74) is 8.94. The quantitative estimate of drug-likeness (QED) is 0.199. The first-order valence-corrected chi connectivity index (χ1v) is 2.16. The van der Waals surface area contributed by atoms with Crippen LogP contribution in [0.15, 0.2) is 17.4 Å². The minimum atomic E-state index is -1.31. The average Bonchev–Trinajstić information content (AvgIpc) is 1.89. The third-order valence-corrected chi connectivity index (χ3v) is 0.267. The fourth-order valence-corrected chi connectivity index (χ4v) is 0. The van der Waals surface area contributed by atoms with Crippen molar-refractivity contribution in [1.82, 2.24) is 0 Å². The monoisotopic (exact) mass is 201 g/mol. The lowest BCUT2D eigenvalue weighted by Crippen LogP contribution is -2.01. The van der Waals surface area contributed by atoms with Gasteiger partial charge in [0.25, 0.3) is 0 Å². The summed E-state index contributed by atoms with van der Waals surface area (Å²) in [5, 5.41) is 9.15. The van der Waals surface area contributed by atoms with Crippen molar-refractivity contribution < 1.29 is 14.0 Å². The van der Waals surface area contributed by atoms with Gasteiger partial charge in [0.05, 0.1) is 0 Å². The molecule has 0 amide bonds. The molecule has 4 nitrogen and oxygen atoms in total. The van der Waals surface area contributed by atoms with Crippen LogP contribution >= 0.6 is 0 Å². The first-order valence-electron chi connectivity index (χ1n) is 2.16. The van der Waals surface area contributed by atoms with Crippen LogP contribution in [0.5, 0.6) is 0 Å². The normalized spacial score (nSPS) is 7.38. The lowest BCUT2D eigenvalue weighted by atomic mass is 10.6. The molecule has 0 aliphatic heterocycles. The molecular weight excluding hydrogens is 180 g/mol. The van der Waals surface area contributed by atoms with Gasteiger partial charge in [0, 0.05) is 5.70 Å². The average molecular weight is 201 g/mol. The van der Waals surface area contributed by atoms with Crippen molar-refractivity contribution in [2.24, 2.45) is 16.6 Å². The van der Waals surface area contributed by atoms with Crippen molar-refractivity contribution in [2.45, 2.75) is 22.3 Å². The Bertz CT molecular complexity index is 125. The molecule has 0 heterocycles. The molecule has 5 N–H and O–H groups in total. The standard InChI is InChI=1S/C3H6FN.CH3FN2O.3CH4/c1-3(5)2-4;2-1(3)4-5;;;/h1-2,5H2;5H,(H2,3,4);3*1H4. The van der Waals surface area contributed by atoms with Crippen molar-refractivity contribution in [3.63, 3.8) is 0 Å². The van der Waals surface area contributed by atoms with Gasteiger partial charge in [-0.2, -0.15) is 4.39 Å². The Kier molecular flexibility index (Phi) is 51.5. The van der Waals surface area contributed by atoms with E-state index in [2.05, 4.69) is 12.3 Å². The second kappa shape index (κ2) is 22.4. The molecule has 6 heteroatoms. The lowest BCUT2D eigenvalue weighted by Gasteiger charge is -1.78. The summed E-state index contributed by atoms with van der Waals surface area (Å²) >= 11 is 0. The van der Waals surface area contributed by atoms with E-state index in [9.17, 15) is 8.78 Å². The maximum atomic E-state index is 10.9. The van der Waals surface area contributed by atoms with Crippen LogP contribution in [-0.2, 0) is 0 Å². The van der Waals surface area contributed by atoms with Crippen LogP contribution in [0.2, 0.25) is 0 Å². The molecule has 0 aromatic carbocycles. The number of nitrogens with two attached hydrogens (primary N) is 2. The molecule has 84 valence electrons. The molecule has 0 bridgehead atoms. The number of nitrogens with zero attached hydrogens (tertiary/aromatic N) is 1. The van der Waals surface area contributed by atoms with Crippen molar-refractivity contribution in [1.29, 1.82) is 0 Å². The van der Waals surface area contributed by atoms with Gasteiger partial charge in [-0.25, -0.2) is 4.39 Å². The van der Waals surface area contributed by atoms with Crippen molar-refractivity contribution in [3.05, 3.63) is 12.3 Å². The summed E-state index contributed by atoms with van der Waals surface area (Å²) in [4.78, 5) is 0. The molecule has 0 aliphatic carbocycles. The van der Waals surface area contributed by atoms with Gasteiger partial charge < -0.3 is 16.7 Å². The zero-order valence-corrected chi connectivity index (χ0v) is 5.22. The second-order valence-electron chi connectivity index (χ2n) is 1.21. The lowest BCUT2D eigenvalue weighted by molar-refractivity contribution is 0.310. The van der Waals surface area contributed by atoms with Gasteiger partial charge in [-0.1, -0.05) is 28.9 Å². The summed E-state index contributed by atoms with van der Waals surface area (Å²) in [6.07, 6.45) is -1.31.